The van der Waals surface area contributed by atoms with Crippen molar-refractivity contribution in [1.29, 1.82) is 0 Å². The molecule has 0 saturated heterocycles. The Morgan fingerprint density at radius 1 is 1.21 bits per heavy atom. The summed E-state index contributed by atoms with van der Waals surface area (Å²) in [4.78, 5) is 21.5. The molecule has 0 aliphatic heterocycles. The number of aliphatic hydroxyl groups is 1. The van der Waals surface area contributed by atoms with Gasteiger partial charge >= 0.3 is 0 Å². The Hall–Kier alpha value is -2.96. The predicted octanol–water partition coefficient (Wildman–Crippen LogP) is 4.14. The van der Waals surface area contributed by atoms with Gasteiger partial charge in [-0.1, -0.05) is 42.6 Å². The minimum Gasteiger partial charge on any atom is -0.392 e. The highest BCUT2D eigenvalue weighted by Crippen LogP contribution is 2.29. The van der Waals surface area contributed by atoms with Gasteiger partial charge in [-0.05, 0) is 54.0 Å². The van der Waals surface area contributed by atoms with E-state index in [2.05, 4.69) is 16.9 Å². The van der Waals surface area contributed by atoms with Crippen LogP contribution in [0, 0.1) is 6.92 Å². The first kappa shape index (κ1) is 19.8. The van der Waals surface area contributed by atoms with Crippen molar-refractivity contribution in [3.8, 4) is 0 Å². The first-order valence-corrected chi connectivity index (χ1v) is 9.61. The Bertz CT molecular complexity index is 987. The van der Waals surface area contributed by atoms with Crippen LogP contribution in [0.3, 0.4) is 0 Å². The van der Waals surface area contributed by atoms with Crippen molar-refractivity contribution in [2.24, 2.45) is 0 Å². The molecule has 28 heavy (non-hydrogen) atoms. The summed E-state index contributed by atoms with van der Waals surface area (Å²) in [5, 5.41) is 12.9. The van der Waals surface area contributed by atoms with Gasteiger partial charge in [-0.2, -0.15) is 0 Å². The maximum Gasteiger partial charge on any atom is 0.247 e. The molecule has 3 rings (SSSR count). The van der Waals surface area contributed by atoms with Crippen LogP contribution in [-0.4, -0.2) is 21.0 Å². The number of aromatic nitrogens is 2. The van der Waals surface area contributed by atoms with E-state index < -0.39 is 0 Å². The van der Waals surface area contributed by atoms with Gasteiger partial charge in [-0.15, -0.1) is 0 Å². The normalized spacial score (nSPS) is 10.5. The third-order valence-electron chi connectivity index (χ3n) is 4.03. The van der Waals surface area contributed by atoms with Crippen molar-refractivity contribution < 1.29 is 9.90 Å². The molecule has 0 aliphatic rings. The average Bonchev–Trinajstić information content (AvgIpc) is 2.72. The summed E-state index contributed by atoms with van der Waals surface area (Å²) in [6.45, 7) is 5.45. The van der Waals surface area contributed by atoms with Crippen LogP contribution >= 0.6 is 11.8 Å². The highest BCUT2D eigenvalue weighted by atomic mass is 32.2. The predicted molar refractivity (Wildman–Crippen MR) is 111 cm³/mol. The van der Waals surface area contributed by atoms with Crippen molar-refractivity contribution in [3.63, 3.8) is 0 Å². The third-order valence-corrected chi connectivity index (χ3v) is 5.15. The number of carbonyl (C=O) groups is 1. The van der Waals surface area contributed by atoms with Crippen LogP contribution in [0.1, 0.15) is 22.5 Å². The smallest absolute Gasteiger partial charge is 0.247 e. The summed E-state index contributed by atoms with van der Waals surface area (Å²) >= 11 is 1.56. The monoisotopic (exact) mass is 391 g/mol. The quantitative estimate of drug-likeness (QED) is 0.468. The fraction of sp³-hybridized carbons (Fsp3) is 0.136. The number of benzene rings is 2. The van der Waals surface area contributed by atoms with Gasteiger partial charge in [-0.3, -0.25) is 4.79 Å². The van der Waals surface area contributed by atoms with Crippen molar-refractivity contribution in [3.05, 3.63) is 89.9 Å². The van der Waals surface area contributed by atoms with E-state index in [-0.39, 0.29) is 12.5 Å². The molecule has 0 saturated carbocycles. The van der Waals surface area contributed by atoms with E-state index in [1.807, 2.05) is 61.7 Å². The number of hydrogen-bond donors (Lipinski definition) is 2. The van der Waals surface area contributed by atoms with Crippen molar-refractivity contribution in [2.45, 2.75) is 29.9 Å². The standard InChI is InChI=1S/C22H21N3O2S/c1-3-21(27)24-18-7-9-19(10-8-18)28-22-15(2)13-23-20(25-22)12-16-5-4-6-17(11-16)14-26/h3-11,13,26H,1,12,14H2,2H3,(H,24,27). The number of hydrogen-bond acceptors (Lipinski definition) is 5. The highest BCUT2D eigenvalue weighted by molar-refractivity contribution is 7.99. The Labute approximate surface area is 168 Å². The summed E-state index contributed by atoms with van der Waals surface area (Å²) in [6.07, 6.45) is 3.68. The second kappa shape index (κ2) is 9.30. The Morgan fingerprint density at radius 3 is 2.68 bits per heavy atom. The van der Waals surface area contributed by atoms with Gasteiger partial charge in [0.15, 0.2) is 0 Å². The lowest BCUT2D eigenvalue weighted by atomic mass is 10.1. The van der Waals surface area contributed by atoms with Crippen LogP contribution in [-0.2, 0) is 17.8 Å². The second-order valence-corrected chi connectivity index (χ2v) is 7.31. The summed E-state index contributed by atoms with van der Waals surface area (Å²) < 4.78 is 0. The average molecular weight is 391 g/mol. The minimum atomic E-state index is -0.234. The van der Waals surface area contributed by atoms with Crippen LogP contribution in [0.5, 0.6) is 0 Å². The van der Waals surface area contributed by atoms with Gasteiger partial charge in [0, 0.05) is 23.2 Å². The number of nitrogens with one attached hydrogen (secondary N) is 1. The Balaban J connectivity index is 1.74. The molecule has 0 bridgehead atoms. The Morgan fingerprint density at radius 2 is 1.96 bits per heavy atom. The van der Waals surface area contributed by atoms with Crippen molar-refractivity contribution >= 4 is 23.4 Å². The van der Waals surface area contributed by atoms with Gasteiger partial charge in [0.1, 0.15) is 10.9 Å². The van der Waals surface area contributed by atoms with E-state index in [0.717, 1.165) is 38.1 Å². The van der Waals surface area contributed by atoms with Crippen molar-refractivity contribution in [2.75, 3.05) is 5.32 Å². The second-order valence-electron chi connectivity index (χ2n) is 6.25. The maximum atomic E-state index is 11.4. The molecule has 0 aliphatic carbocycles. The van der Waals surface area contributed by atoms with E-state index in [0.29, 0.717) is 6.42 Å². The summed E-state index contributed by atoms with van der Waals surface area (Å²) in [5.41, 5.74) is 3.66. The number of anilines is 1. The molecule has 6 heteroatoms. The van der Waals surface area contributed by atoms with Gasteiger partial charge in [-0.25, -0.2) is 9.97 Å². The zero-order chi connectivity index (χ0) is 19.9. The number of aliphatic hydroxyl groups excluding tert-OH is 1. The number of carbonyl (C=O) groups excluding carboxylic acids is 1. The molecule has 5 nitrogen and oxygen atoms in total. The van der Waals surface area contributed by atoms with Gasteiger partial charge in [0.05, 0.1) is 6.61 Å². The van der Waals surface area contributed by atoms with Crippen LogP contribution in [0.25, 0.3) is 0 Å². The SMILES string of the molecule is C=CC(=O)Nc1ccc(Sc2nc(Cc3cccc(CO)c3)ncc2C)cc1. The topological polar surface area (TPSA) is 75.1 Å². The van der Waals surface area contributed by atoms with Gasteiger partial charge in [0.25, 0.3) is 0 Å². The van der Waals surface area contributed by atoms with Crippen LogP contribution in [0.4, 0.5) is 5.69 Å². The summed E-state index contributed by atoms with van der Waals surface area (Å²) in [6, 6.07) is 15.4. The van der Waals surface area contributed by atoms with Gasteiger partial charge in [0.2, 0.25) is 5.91 Å². The molecule has 3 aromatic rings. The van der Waals surface area contributed by atoms with E-state index in [4.69, 9.17) is 4.98 Å². The third kappa shape index (κ3) is 5.28. The van der Waals surface area contributed by atoms with Crippen LogP contribution in [0.2, 0.25) is 0 Å². The molecule has 1 heterocycles. The first-order valence-electron chi connectivity index (χ1n) is 8.80. The van der Waals surface area contributed by atoms with Gasteiger partial charge < -0.3 is 10.4 Å². The molecule has 0 fully saturated rings. The maximum absolute atomic E-state index is 11.4. The number of aryl methyl sites for hydroxylation is 1. The number of nitrogens with zero attached hydrogens (tertiary/aromatic N) is 2. The highest BCUT2D eigenvalue weighted by Gasteiger charge is 2.08. The molecule has 0 radical (unpaired) electrons. The first-order chi connectivity index (χ1) is 13.6. The summed E-state index contributed by atoms with van der Waals surface area (Å²) in [7, 11) is 0. The lowest BCUT2D eigenvalue weighted by Crippen LogP contribution is -2.06. The van der Waals surface area contributed by atoms with E-state index >= 15 is 0 Å². The molecular weight excluding hydrogens is 370 g/mol. The molecule has 2 aromatic carbocycles. The number of rotatable bonds is 7. The summed E-state index contributed by atoms with van der Waals surface area (Å²) in [5.74, 6) is 0.500. The molecule has 142 valence electrons. The van der Waals surface area contributed by atoms with E-state index in [1.54, 1.807) is 11.8 Å². The van der Waals surface area contributed by atoms with Crippen LogP contribution in [0.15, 0.2) is 77.3 Å². The van der Waals surface area contributed by atoms with Crippen molar-refractivity contribution in [1.82, 2.24) is 9.97 Å². The Kier molecular flexibility index (Phi) is 6.57. The molecule has 0 spiro atoms. The fourth-order valence-corrected chi connectivity index (χ4v) is 3.44. The van der Waals surface area contributed by atoms with E-state index in [1.165, 1.54) is 6.08 Å². The fourth-order valence-electron chi connectivity index (χ4n) is 2.58. The molecular formula is C22H21N3O2S. The zero-order valence-electron chi connectivity index (χ0n) is 15.6. The van der Waals surface area contributed by atoms with E-state index in [9.17, 15) is 9.90 Å². The number of amides is 1. The molecule has 2 N–H and O–H groups in total. The van der Waals surface area contributed by atoms with Crippen LogP contribution < -0.4 is 5.32 Å². The zero-order valence-corrected chi connectivity index (χ0v) is 16.4. The molecule has 0 atom stereocenters. The molecule has 1 amide bonds. The lowest BCUT2D eigenvalue weighted by molar-refractivity contribution is -0.111. The molecule has 1 aromatic heterocycles. The largest absolute Gasteiger partial charge is 0.392 e. The lowest BCUT2D eigenvalue weighted by Gasteiger charge is -2.09. The molecule has 0 unspecified atom stereocenters. The minimum absolute atomic E-state index is 0.0208.